The van der Waals surface area contributed by atoms with Gasteiger partial charge in [0.25, 0.3) is 0 Å². The van der Waals surface area contributed by atoms with Crippen LogP contribution < -0.4 is 16.0 Å². The zero-order valence-corrected chi connectivity index (χ0v) is 26.5. The SMILES string of the molecule is C=C(CN1CCSCC1)C(=O)NC[C@@H](NC(=O)[C@H](Cc1nc2ccc(CC)cc2s1)NC(=O)CCC)C1CCOCC1. The molecule has 2 aromatic rings. The van der Waals surface area contributed by atoms with E-state index in [9.17, 15) is 14.4 Å². The number of thioether (sulfide) groups is 1. The van der Waals surface area contributed by atoms with Gasteiger partial charge in [-0.15, -0.1) is 11.3 Å². The van der Waals surface area contributed by atoms with Gasteiger partial charge in [-0.05, 0) is 49.3 Å². The zero-order valence-electron chi connectivity index (χ0n) is 24.9. The molecule has 3 amide bonds. The second-order valence-corrected chi connectivity index (χ2v) is 13.4. The van der Waals surface area contributed by atoms with Gasteiger partial charge in [0.1, 0.15) is 6.04 Å². The number of hydrogen-bond donors (Lipinski definition) is 3. The van der Waals surface area contributed by atoms with Crippen molar-refractivity contribution in [3.05, 3.63) is 40.9 Å². The fourth-order valence-corrected chi connectivity index (χ4v) is 7.42. The maximum atomic E-state index is 13.8. The van der Waals surface area contributed by atoms with Gasteiger partial charge in [0.2, 0.25) is 17.7 Å². The molecule has 3 N–H and O–H groups in total. The van der Waals surface area contributed by atoms with Gasteiger partial charge in [-0.3, -0.25) is 19.3 Å². The monoisotopic (exact) mass is 615 g/mol. The molecule has 1 aromatic carbocycles. The molecule has 4 rings (SSSR count). The molecule has 0 spiro atoms. The summed E-state index contributed by atoms with van der Waals surface area (Å²) in [5, 5.41) is 9.98. The highest BCUT2D eigenvalue weighted by Crippen LogP contribution is 2.25. The first-order valence-corrected chi connectivity index (χ1v) is 17.1. The van der Waals surface area contributed by atoms with E-state index in [0.29, 0.717) is 51.1 Å². The van der Waals surface area contributed by atoms with Crippen LogP contribution in [0.5, 0.6) is 0 Å². The molecule has 2 atom stereocenters. The predicted octanol–water partition coefficient (Wildman–Crippen LogP) is 3.32. The van der Waals surface area contributed by atoms with E-state index in [0.717, 1.165) is 59.1 Å². The van der Waals surface area contributed by atoms with Gasteiger partial charge >= 0.3 is 0 Å². The number of ether oxygens (including phenoxy) is 1. The van der Waals surface area contributed by atoms with Crippen LogP contribution in [0.4, 0.5) is 0 Å². The number of thiazole rings is 1. The van der Waals surface area contributed by atoms with E-state index >= 15 is 0 Å². The lowest BCUT2D eigenvalue weighted by Gasteiger charge is -2.32. The van der Waals surface area contributed by atoms with Crippen LogP contribution in [0, 0.1) is 5.92 Å². The molecule has 0 unspecified atom stereocenters. The highest BCUT2D eigenvalue weighted by Gasteiger charge is 2.30. The maximum absolute atomic E-state index is 13.8. The molecule has 42 heavy (non-hydrogen) atoms. The Morgan fingerprint density at radius 3 is 2.62 bits per heavy atom. The van der Waals surface area contributed by atoms with Crippen LogP contribution in [0.3, 0.4) is 0 Å². The van der Waals surface area contributed by atoms with Crippen molar-refractivity contribution in [2.45, 2.75) is 64.5 Å². The maximum Gasteiger partial charge on any atom is 0.247 e. The minimum Gasteiger partial charge on any atom is -0.381 e. The van der Waals surface area contributed by atoms with E-state index in [1.807, 2.05) is 24.8 Å². The Bertz CT molecular complexity index is 1220. The molecule has 0 saturated carbocycles. The lowest BCUT2D eigenvalue weighted by molar-refractivity contribution is -0.130. The van der Waals surface area contributed by atoms with Gasteiger partial charge in [-0.25, -0.2) is 4.98 Å². The number of aryl methyl sites for hydroxylation is 1. The summed E-state index contributed by atoms with van der Waals surface area (Å²) in [6.07, 6.45) is 3.87. The number of rotatable bonds is 14. The number of nitrogens with one attached hydrogen (secondary N) is 3. The smallest absolute Gasteiger partial charge is 0.247 e. The van der Waals surface area contributed by atoms with Crippen LogP contribution in [0.2, 0.25) is 0 Å². The normalized spacial score (nSPS) is 17.9. The number of fused-ring (bicyclic) bond motifs is 1. The molecular formula is C31H45N5O4S2. The number of carbonyl (C=O) groups excluding carboxylic acids is 3. The molecule has 0 radical (unpaired) electrons. The summed E-state index contributed by atoms with van der Waals surface area (Å²) in [4.78, 5) is 46.4. The quantitative estimate of drug-likeness (QED) is 0.280. The summed E-state index contributed by atoms with van der Waals surface area (Å²) in [5.41, 5.74) is 2.67. The Labute approximate surface area is 257 Å². The Morgan fingerprint density at radius 1 is 1.14 bits per heavy atom. The van der Waals surface area contributed by atoms with Crippen molar-refractivity contribution >= 4 is 51.0 Å². The predicted molar refractivity (Wildman–Crippen MR) is 171 cm³/mol. The number of benzene rings is 1. The third-order valence-electron chi connectivity index (χ3n) is 7.90. The summed E-state index contributed by atoms with van der Waals surface area (Å²) < 4.78 is 6.65. The van der Waals surface area contributed by atoms with Crippen molar-refractivity contribution < 1.29 is 19.1 Å². The molecule has 0 aliphatic carbocycles. The first-order valence-electron chi connectivity index (χ1n) is 15.2. The van der Waals surface area contributed by atoms with Crippen LogP contribution >= 0.6 is 23.1 Å². The molecule has 2 aliphatic rings. The van der Waals surface area contributed by atoms with E-state index in [2.05, 4.69) is 46.5 Å². The Morgan fingerprint density at radius 2 is 1.90 bits per heavy atom. The van der Waals surface area contributed by atoms with Gasteiger partial charge in [0, 0.05) is 75.4 Å². The molecule has 2 fully saturated rings. The Hall–Kier alpha value is -2.47. The molecule has 11 heteroatoms. The highest BCUT2D eigenvalue weighted by molar-refractivity contribution is 7.99. The van der Waals surface area contributed by atoms with Crippen LogP contribution in [0.1, 0.15) is 50.1 Å². The lowest BCUT2D eigenvalue weighted by Crippen LogP contribution is -2.55. The second-order valence-electron chi connectivity index (χ2n) is 11.1. The fraction of sp³-hybridized carbons (Fsp3) is 0.613. The number of aromatic nitrogens is 1. The Balaban J connectivity index is 1.44. The van der Waals surface area contributed by atoms with Crippen molar-refractivity contribution in [1.29, 1.82) is 0 Å². The van der Waals surface area contributed by atoms with Crippen LogP contribution in [-0.2, 0) is 32.0 Å². The highest BCUT2D eigenvalue weighted by atomic mass is 32.2. The van der Waals surface area contributed by atoms with E-state index in [1.54, 1.807) is 11.3 Å². The molecule has 2 aliphatic heterocycles. The van der Waals surface area contributed by atoms with Gasteiger partial charge in [0.05, 0.1) is 15.2 Å². The number of amides is 3. The van der Waals surface area contributed by atoms with Crippen molar-refractivity contribution in [2.75, 3.05) is 50.9 Å². The molecule has 2 saturated heterocycles. The molecular weight excluding hydrogens is 571 g/mol. The third-order valence-corrected chi connectivity index (χ3v) is 9.88. The van der Waals surface area contributed by atoms with Crippen LogP contribution in [0.25, 0.3) is 10.2 Å². The summed E-state index contributed by atoms with van der Waals surface area (Å²) in [5.74, 6) is 1.68. The van der Waals surface area contributed by atoms with E-state index in [4.69, 9.17) is 9.72 Å². The standard InChI is InChI=1S/C31H45N5O4S2/c1-4-6-28(37)33-25(18-29-34-24-8-7-22(5-2)17-27(24)42-29)31(39)35-26(23-9-13-40-14-10-23)19-32-30(38)21(3)20-36-11-15-41-16-12-36/h7-8,17,23,25-26H,3-6,9-16,18-20H2,1-2H3,(H,32,38)(H,33,37)(H,35,39)/t25-,26+/m0/s1. The zero-order chi connectivity index (χ0) is 29.9. The molecule has 3 heterocycles. The topological polar surface area (TPSA) is 113 Å². The average Bonchev–Trinajstić information content (AvgIpc) is 3.41. The van der Waals surface area contributed by atoms with Gasteiger partial charge in [-0.1, -0.05) is 26.5 Å². The minimum atomic E-state index is -0.764. The molecule has 0 bridgehead atoms. The third kappa shape index (κ3) is 9.52. The fourth-order valence-electron chi connectivity index (χ4n) is 5.37. The average molecular weight is 616 g/mol. The molecule has 1 aromatic heterocycles. The van der Waals surface area contributed by atoms with Gasteiger partial charge < -0.3 is 20.7 Å². The molecule has 230 valence electrons. The van der Waals surface area contributed by atoms with Crippen molar-refractivity contribution in [3.63, 3.8) is 0 Å². The summed E-state index contributed by atoms with van der Waals surface area (Å²) in [6, 6.07) is 5.17. The van der Waals surface area contributed by atoms with E-state index < -0.39 is 6.04 Å². The first-order chi connectivity index (χ1) is 20.4. The second kappa shape index (κ2) is 16.4. The van der Waals surface area contributed by atoms with E-state index in [1.165, 1.54) is 5.56 Å². The first kappa shape index (κ1) is 32.4. The summed E-state index contributed by atoms with van der Waals surface area (Å²) in [7, 11) is 0. The summed E-state index contributed by atoms with van der Waals surface area (Å²) >= 11 is 3.49. The minimum absolute atomic E-state index is 0.150. The number of nitrogens with zero attached hydrogens (tertiary/aromatic N) is 2. The number of hydrogen-bond acceptors (Lipinski definition) is 8. The van der Waals surface area contributed by atoms with Crippen molar-refractivity contribution in [2.24, 2.45) is 5.92 Å². The van der Waals surface area contributed by atoms with E-state index in [-0.39, 0.29) is 29.7 Å². The van der Waals surface area contributed by atoms with Gasteiger partial charge in [-0.2, -0.15) is 11.8 Å². The lowest BCUT2D eigenvalue weighted by atomic mass is 9.91. The largest absolute Gasteiger partial charge is 0.381 e. The van der Waals surface area contributed by atoms with Crippen LogP contribution in [0.15, 0.2) is 30.4 Å². The van der Waals surface area contributed by atoms with Gasteiger partial charge in [0.15, 0.2) is 0 Å². The Kier molecular flexibility index (Phi) is 12.7. The summed E-state index contributed by atoms with van der Waals surface area (Å²) in [6.45, 7) is 12.1. The van der Waals surface area contributed by atoms with Crippen LogP contribution in [-0.4, -0.2) is 90.6 Å². The van der Waals surface area contributed by atoms with Crippen molar-refractivity contribution in [1.82, 2.24) is 25.8 Å². The molecule has 9 nitrogen and oxygen atoms in total. The number of carbonyl (C=O) groups is 3. The van der Waals surface area contributed by atoms with Crippen molar-refractivity contribution in [3.8, 4) is 0 Å².